The largest absolute Gasteiger partial charge is 0.450 e. The number of fused-ring (bicyclic) bond motifs is 1. The summed E-state index contributed by atoms with van der Waals surface area (Å²) in [5, 5.41) is 0.864. The number of esters is 1. The van der Waals surface area contributed by atoms with E-state index in [0.29, 0.717) is 17.7 Å². The maximum Gasteiger partial charge on any atom is 0.375 e. The Hall–Kier alpha value is -3.08. The first-order valence-corrected chi connectivity index (χ1v) is 8.82. The van der Waals surface area contributed by atoms with Crippen LogP contribution in [-0.4, -0.2) is 30.4 Å². The minimum atomic E-state index is -0.628. The second kappa shape index (κ2) is 7.66. The Labute approximate surface area is 158 Å². The highest BCUT2D eigenvalue weighted by Gasteiger charge is 2.20. The molecule has 2 aromatic carbocycles. The molecule has 0 saturated carbocycles. The number of hydrogen-bond acceptors (Lipinski definition) is 4. The quantitative estimate of drug-likeness (QED) is 0.637. The lowest BCUT2D eigenvalue weighted by atomic mass is 10.1. The second-order valence-corrected chi connectivity index (χ2v) is 6.81. The number of carbonyl (C=O) groups is 2. The summed E-state index contributed by atoms with van der Waals surface area (Å²) in [6.07, 6.45) is 0. The molecule has 1 heterocycles. The van der Waals surface area contributed by atoms with E-state index < -0.39 is 5.97 Å². The van der Waals surface area contributed by atoms with Gasteiger partial charge in [0.15, 0.2) is 6.61 Å². The fourth-order valence-electron chi connectivity index (χ4n) is 3.04. The number of amides is 1. The first kappa shape index (κ1) is 18.7. The van der Waals surface area contributed by atoms with Gasteiger partial charge in [0.25, 0.3) is 5.91 Å². The second-order valence-electron chi connectivity index (χ2n) is 6.81. The summed E-state index contributed by atoms with van der Waals surface area (Å²) in [4.78, 5) is 26.2. The van der Waals surface area contributed by atoms with Crippen molar-refractivity contribution < 1.29 is 18.7 Å². The van der Waals surface area contributed by atoms with Gasteiger partial charge >= 0.3 is 5.97 Å². The lowest BCUT2D eigenvalue weighted by molar-refractivity contribution is -0.133. The van der Waals surface area contributed by atoms with Crippen LogP contribution in [0.5, 0.6) is 0 Å². The fraction of sp³-hybridized carbons (Fsp3) is 0.273. The predicted molar refractivity (Wildman–Crippen MR) is 104 cm³/mol. The topological polar surface area (TPSA) is 59.8 Å². The number of aryl methyl sites for hydroxylation is 3. The summed E-state index contributed by atoms with van der Waals surface area (Å²) in [5.74, 6) is -0.755. The van der Waals surface area contributed by atoms with Crippen molar-refractivity contribution in [3.05, 3.63) is 70.5 Å². The van der Waals surface area contributed by atoms with Crippen LogP contribution in [0, 0.1) is 20.8 Å². The van der Waals surface area contributed by atoms with Crippen molar-refractivity contribution in [1.82, 2.24) is 4.90 Å². The van der Waals surface area contributed by atoms with Crippen LogP contribution >= 0.6 is 0 Å². The van der Waals surface area contributed by atoms with E-state index in [1.54, 1.807) is 24.9 Å². The minimum Gasteiger partial charge on any atom is -0.450 e. The minimum absolute atomic E-state index is 0.140. The molecule has 0 aliphatic rings. The van der Waals surface area contributed by atoms with Crippen LogP contribution in [0.4, 0.5) is 0 Å². The molecule has 5 nitrogen and oxygen atoms in total. The van der Waals surface area contributed by atoms with Crippen molar-refractivity contribution in [3.8, 4) is 0 Å². The average molecular weight is 365 g/mol. The van der Waals surface area contributed by atoms with Gasteiger partial charge in [0.05, 0.1) is 0 Å². The van der Waals surface area contributed by atoms with Crippen molar-refractivity contribution in [2.45, 2.75) is 27.3 Å². The van der Waals surface area contributed by atoms with Crippen LogP contribution in [-0.2, 0) is 16.1 Å². The lowest BCUT2D eigenvalue weighted by Crippen LogP contribution is -2.31. The number of para-hydroxylation sites is 1. The molecule has 3 rings (SSSR count). The Bertz CT molecular complexity index is 1000. The fourth-order valence-corrected chi connectivity index (χ4v) is 3.04. The third-order valence-electron chi connectivity index (χ3n) is 4.69. The number of carbonyl (C=O) groups excluding carboxylic acids is 2. The van der Waals surface area contributed by atoms with Crippen molar-refractivity contribution in [2.75, 3.05) is 13.7 Å². The van der Waals surface area contributed by atoms with Gasteiger partial charge in [0, 0.05) is 24.5 Å². The molecule has 140 valence electrons. The summed E-state index contributed by atoms with van der Waals surface area (Å²) >= 11 is 0. The van der Waals surface area contributed by atoms with Gasteiger partial charge in [-0.1, -0.05) is 42.0 Å². The van der Waals surface area contributed by atoms with E-state index >= 15 is 0 Å². The average Bonchev–Trinajstić information content (AvgIpc) is 2.99. The maximum absolute atomic E-state index is 12.3. The molecule has 0 saturated heterocycles. The highest BCUT2D eigenvalue weighted by Crippen LogP contribution is 2.25. The molecule has 0 N–H and O–H groups in total. The smallest absolute Gasteiger partial charge is 0.375 e. The van der Waals surface area contributed by atoms with Crippen molar-refractivity contribution in [2.24, 2.45) is 0 Å². The molecule has 0 bridgehead atoms. The molecule has 1 aromatic heterocycles. The van der Waals surface area contributed by atoms with E-state index in [9.17, 15) is 9.59 Å². The number of likely N-dealkylation sites (N-methyl/N-ethyl adjacent to an activating group) is 1. The van der Waals surface area contributed by atoms with E-state index in [-0.39, 0.29) is 18.3 Å². The molecule has 0 radical (unpaired) electrons. The van der Waals surface area contributed by atoms with Crippen LogP contribution in [0.2, 0.25) is 0 Å². The predicted octanol–water partition coefficient (Wildman–Crippen LogP) is 4.17. The van der Waals surface area contributed by atoms with Gasteiger partial charge in [-0.25, -0.2) is 4.79 Å². The normalized spacial score (nSPS) is 10.8. The third-order valence-corrected chi connectivity index (χ3v) is 4.69. The molecule has 1 amide bonds. The van der Waals surface area contributed by atoms with Crippen LogP contribution in [0.25, 0.3) is 11.0 Å². The molecular weight excluding hydrogens is 342 g/mol. The van der Waals surface area contributed by atoms with Gasteiger partial charge in [0.1, 0.15) is 5.58 Å². The van der Waals surface area contributed by atoms with Gasteiger partial charge in [-0.2, -0.15) is 0 Å². The molecule has 5 heteroatoms. The Morgan fingerprint density at radius 3 is 2.52 bits per heavy atom. The summed E-state index contributed by atoms with van der Waals surface area (Å²) in [6, 6.07) is 13.5. The number of hydrogen-bond donors (Lipinski definition) is 0. The summed E-state index contributed by atoms with van der Waals surface area (Å²) in [7, 11) is 1.70. The molecule has 0 aliphatic carbocycles. The van der Waals surface area contributed by atoms with E-state index in [4.69, 9.17) is 9.15 Å². The molecule has 0 spiro atoms. The Morgan fingerprint density at radius 2 is 1.81 bits per heavy atom. The molecule has 3 aromatic rings. The van der Waals surface area contributed by atoms with E-state index in [1.807, 2.05) is 44.2 Å². The standard InChI is InChI=1S/C22H23NO4/c1-14-9-10-17(15(2)11-14)12-23(4)20(24)13-26-22(25)21-16(3)18-7-5-6-8-19(18)27-21/h5-11H,12-13H2,1-4H3. The van der Waals surface area contributed by atoms with Gasteiger partial charge in [0.2, 0.25) is 5.76 Å². The van der Waals surface area contributed by atoms with Crippen LogP contribution in [0.3, 0.4) is 0 Å². The van der Waals surface area contributed by atoms with E-state index in [0.717, 1.165) is 16.5 Å². The van der Waals surface area contributed by atoms with Gasteiger partial charge in [-0.15, -0.1) is 0 Å². The van der Waals surface area contributed by atoms with Crippen LogP contribution in [0.1, 0.15) is 32.8 Å². The maximum atomic E-state index is 12.3. The van der Waals surface area contributed by atoms with Crippen LogP contribution < -0.4 is 0 Å². The van der Waals surface area contributed by atoms with Crippen molar-refractivity contribution >= 4 is 22.8 Å². The highest BCUT2D eigenvalue weighted by atomic mass is 16.5. The number of ether oxygens (including phenoxy) is 1. The molecular formula is C22H23NO4. The number of benzene rings is 2. The summed E-state index contributed by atoms with van der Waals surface area (Å²) in [6.45, 7) is 6.00. The number of nitrogens with zero attached hydrogens (tertiary/aromatic N) is 1. The SMILES string of the molecule is Cc1ccc(CN(C)C(=O)COC(=O)c2oc3ccccc3c2C)c(C)c1. The Kier molecular flexibility index (Phi) is 5.31. The van der Waals surface area contributed by atoms with Gasteiger partial charge in [-0.05, 0) is 38.0 Å². The first-order chi connectivity index (χ1) is 12.9. The molecule has 27 heavy (non-hydrogen) atoms. The first-order valence-electron chi connectivity index (χ1n) is 8.82. The summed E-state index contributed by atoms with van der Waals surface area (Å²) < 4.78 is 10.8. The number of furan rings is 1. The van der Waals surface area contributed by atoms with Crippen molar-refractivity contribution in [1.29, 1.82) is 0 Å². The monoisotopic (exact) mass is 365 g/mol. The van der Waals surface area contributed by atoms with Gasteiger partial charge < -0.3 is 14.1 Å². The third kappa shape index (κ3) is 4.03. The zero-order valence-corrected chi connectivity index (χ0v) is 16.0. The molecule has 0 atom stereocenters. The van der Waals surface area contributed by atoms with Crippen molar-refractivity contribution in [3.63, 3.8) is 0 Å². The zero-order valence-electron chi connectivity index (χ0n) is 16.0. The van der Waals surface area contributed by atoms with Gasteiger partial charge in [-0.3, -0.25) is 4.79 Å². The Morgan fingerprint density at radius 1 is 1.07 bits per heavy atom. The van der Waals surface area contributed by atoms with E-state index in [2.05, 4.69) is 6.07 Å². The Balaban J connectivity index is 1.62. The zero-order chi connectivity index (χ0) is 19.6. The van der Waals surface area contributed by atoms with Crippen LogP contribution in [0.15, 0.2) is 46.9 Å². The number of rotatable bonds is 5. The van der Waals surface area contributed by atoms with E-state index in [1.165, 1.54) is 5.56 Å². The summed E-state index contributed by atoms with van der Waals surface area (Å²) in [5.41, 5.74) is 4.72. The highest BCUT2D eigenvalue weighted by molar-refractivity contribution is 5.96. The molecule has 0 aliphatic heterocycles. The lowest BCUT2D eigenvalue weighted by Gasteiger charge is -2.18. The molecule has 0 unspecified atom stereocenters. The molecule has 0 fully saturated rings.